The number of nitrogens with one attached hydrogen (secondary N) is 1. The van der Waals surface area contributed by atoms with Crippen molar-refractivity contribution in [2.45, 2.75) is 58.7 Å². The lowest BCUT2D eigenvalue weighted by Gasteiger charge is -2.43. The van der Waals surface area contributed by atoms with Crippen molar-refractivity contribution in [2.24, 2.45) is 5.41 Å². The zero-order valence-electron chi connectivity index (χ0n) is 12.6. The van der Waals surface area contributed by atoms with Crippen LogP contribution in [0.25, 0.3) is 0 Å². The Morgan fingerprint density at radius 2 is 2.05 bits per heavy atom. The van der Waals surface area contributed by atoms with Gasteiger partial charge in [0.05, 0.1) is 17.6 Å². The summed E-state index contributed by atoms with van der Waals surface area (Å²) in [5, 5.41) is 3.42. The molecular weight excluding hydrogens is 240 g/mol. The van der Waals surface area contributed by atoms with E-state index in [1.165, 1.54) is 0 Å². The predicted molar refractivity (Wildman–Crippen MR) is 76.0 cm³/mol. The third kappa shape index (κ3) is 3.29. The van der Waals surface area contributed by atoms with Gasteiger partial charge in [0.1, 0.15) is 0 Å². The fourth-order valence-corrected chi connectivity index (χ4v) is 3.63. The molecule has 1 N–H and O–H groups in total. The Morgan fingerprint density at radius 3 is 2.58 bits per heavy atom. The molecule has 2 heterocycles. The largest absolute Gasteiger partial charge is 0.372 e. The van der Waals surface area contributed by atoms with Crippen LogP contribution in [0, 0.1) is 5.41 Å². The number of carbonyl (C=O) groups is 1. The Kier molecular flexibility index (Phi) is 4.85. The Balaban J connectivity index is 2.10. The molecule has 0 aromatic carbocycles. The summed E-state index contributed by atoms with van der Waals surface area (Å²) in [5.41, 5.74) is -0.163. The van der Waals surface area contributed by atoms with E-state index in [4.69, 9.17) is 4.74 Å². The molecule has 2 fully saturated rings. The van der Waals surface area contributed by atoms with E-state index in [1.807, 2.05) is 4.90 Å². The van der Waals surface area contributed by atoms with Crippen LogP contribution in [0.2, 0.25) is 0 Å². The fraction of sp³-hybridized carbons (Fsp3) is 0.933. The van der Waals surface area contributed by atoms with Crippen LogP contribution in [0.5, 0.6) is 0 Å². The number of rotatable bonds is 3. The summed E-state index contributed by atoms with van der Waals surface area (Å²) in [5.74, 6) is 0.351. The summed E-state index contributed by atoms with van der Waals surface area (Å²) in [7, 11) is 0. The summed E-state index contributed by atoms with van der Waals surface area (Å²) in [6.07, 6.45) is 4.53. The van der Waals surface area contributed by atoms with Crippen molar-refractivity contribution >= 4 is 5.91 Å². The van der Waals surface area contributed by atoms with Crippen LogP contribution in [-0.4, -0.2) is 49.2 Å². The number of carbonyl (C=O) groups excluding carboxylic acids is 1. The fourth-order valence-electron chi connectivity index (χ4n) is 3.63. The lowest BCUT2D eigenvalue weighted by atomic mass is 9.75. The highest BCUT2D eigenvalue weighted by molar-refractivity contribution is 5.83. The minimum absolute atomic E-state index is 0.155. The molecule has 0 bridgehead atoms. The molecule has 2 saturated heterocycles. The summed E-state index contributed by atoms with van der Waals surface area (Å²) in [6.45, 7) is 9.68. The molecule has 0 aromatic heterocycles. The number of nitrogens with zero attached hydrogens (tertiary/aromatic N) is 1. The summed E-state index contributed by atoms with van der Waals surface area (Å²) < 4.78 is 5.74. The van der Waals surface area contributed by atoms with Crippen molar-refractivity contribution in [3.05, 3.63) is 0 Å². The van der Waals surface area contributed by atoms with Crippen LogP contribution in [0.15, 0.2) is 0 Å². The number of piperidine rings is 1. The SMILES string of the molecule is CCCC1(C(=O)N2CC(C)OC(C)C2)CCCNC1. The first-order chi connectivity index (χ1) is 9.07. The predicted octanol–water partition coefficient (Wildman–Crippen LogP) is 1.79. The molecule has 2 aliphatic heterocycles. The van der Waals surface area contributed by atoms with Crippen molar-refractivity contribution in [1.29, 1.82) is 0 Å². The second kappa shape index (κ2) is 6.23. The Labute approximate surface area is 116 Å². The van der Waals surface area contributed by atoms with Gasteiger partial charge in [-0.05, 0) is 39.7 Å². The molecule has 0 spiro atoms. The molecule has 3 atom stereocenters. The van der Waals surface area contributed by atoms with Crippen LogP contribution >= 0.6 is 0 Å². The van der Waals surface area contributed by atoms with Crippen LogP contribution in [-0.2, 0) is 9.53 Å². The van der Waals surface area contributed by atoms with Crippen molar-refractivity contribution in [1.82, 2.24) is 10.2 Å². The molecule has 4 nitrogen and oxygen atoms in total. The zero-order chi connectivity index (χ0) is 13.9. The Morgan fingerprint density at radius 1 is 1.37 bits per heavy atom. The summed E-state index contributed by atoms with van der Waals surface area (Å²) in [4.78, 5) is 15.0. The van der Waals surface area contributed by atoms with E-state index < -0.39 is 0 Å². The van der Waals surface area contributed by atoms with Crippen LogP contribution in [0.1, 0.15) is 46.5 Å². The number of hydrogen-bond donors (Lipinski definition) is 1. The van der Waals surface area contributed by atoms with E-state index in [0.29, 0.717) is 5.91 Å². The molecule has 2 aliphatic rings. The van der Waals surface area contributed by atoms with Gasteiger partial charge < -0.3 is 15.0 Å². The normalized spacial score (nSPS) is 36.3. The van der Waals surface area contributed by atoms with Gasteiger partial charge in [-0.3, -0.25) is 4.79 Å². The smallest absolute Gasteiger partial charge is 0.230 e. The van der Waals surface area contributed by atoms with Crippen molar-refractivity contribution < 1.29 is 9.53 Å². The van der Waals surface area contributed by atoms with E-state index in [2.05, 4.69) is 26.1 Å². The third-order valence-corrected chi connectivity index (χ3v) is 4.36. The van der Waals surface area contributed by atoms with Crippen LogP contribution in [0.3, 0.4) is 0 Å². The quantitative estimate of drug-likeness (QED) is 0.848. The second-order valence-corrected chi connectivity index (χ2v) is 6.28. The first-order valence-corrected chi connectivity index (χ1v) is 7.73. The van der Waals surface area contributed by atoms with Gasteiger partial charge in [-0.1, -0.05) is 13.3 Å². The van der Waals surface area contributed by atoms with Crippen LogP contribution in [0.4, 0.5) is 0 Å². The standard InChI is InChI=1S/C15H28N2O2/c1-4-6-15(7-5-8-16-11-15)14(18)17-9-12(2)19-13(3)10-17/h12-13,16H,4-11H2,1-3H3. The number of amides is 1. The van der Waals surface area contributed by atoms with Crippen LogP contribution < -0.4 is 5.32 Å². The number of ether oxygens (including phenoxy) is 1. The highest BCUT2D eigenvalue weighted by Crippen LogP contribution is 2.34. The van der Waals surface area contributed by atoms with Gasteiger partial charge in [-0.2, -0.15) is 0 Å². The minimum atomic E-state index is -0.163. The molecule has 0 aliphatic carbocycles. The van der Waals surface area contributed by atoms with Gasteiger partial charge in [0.25, 0.3) is 0 Å². The van der Waals surface area contributed by atoms with Gasteiger partial charge in [0.15, 0.2) is 0 Å². The molecule has 0 aromatic rings. The molecule has 0 saturated carbocycles. The monoisotopic (exact) mass is 268 g/mol. The lowest BCUT2D eigenvalue weighted by molar-refractivity contribution is -0.155. The average molecular weight is 268 g/mol. The van der Waals surface area contributed by atoms with Crippen molar-refractivity contribution in [3.63, 3.8) is 0 Å². The van der Waals surface area contributed by atoms with Crippen molar-refractivity contribution in [2.75, 3.05) is 26.2 Å². The van der Waals surface area contributed by atoms with Gasteiger partial charge in [-0.15, -0.1) is 0 Å². The van der Waals surface area contributed by atoms with E-state index in [-0.39, 0.29) is 17.6 Å². The molecule has 110 valence electrons. The molecule has 19 heavy (non-hydrogen) atoms. The number of hydrogen-bond acceptors (Lipinski definition) is 3. The molecule has 2 rings (SSSR count). The first kappa shape index (κ1) is 14.8. The maximum atomic E-state index is 13.0. The van der Waals surface area contributed by atoms with Gasteiger partial charge in [0, 0.05) is 19.6 Å². The summed E-state index contributed by atoms with van der Waals surface area (Å²) >= 11 is 0. The Bertz CT molecular complexity index is 298. The topological polar surface area (TPSA) is 41.6 Å². The highest BCUT2D eigenvalue weighted by atomic mass is 16.5. The van der Waals surface area contributed by atoms with E-state index in [0.717, 1.165) is 51.9 Å². The molecule has 4 heteroatoms. The Hall–Kier alpha value is -0.610. The third-order valence-electron chi connectivity index (χ3n) is 4.36. The molecular formula is C15H28N2O2. The maximum absolute atomic E-state index is 13.0. The number of morpholine rings is 1. The van der Waals surface area contributed by atoms with Gasteiger partial charge >= 0.3 is 0 Å². The first-order valence-electron chi connectivity index (χ1n) is 7.73. The minimum Gasteiger partial charge on any atom is -0.372 e. The van der Waals surface area contributed by atoms with Gasteiger partial charge in [0.2, 0.25) is 5.91 Å². The summed E-state index contributed by atoms with van der Waals surface area (Å²) in [6, 6.07) is 0. The van der Waals surface area contributed by atoms with E-state index in [9.17, 15) is 4.79 Å². The highest BCUT2D eigenvalue weighted by Gasteiger charge is 2.42. The van der Waals surface area contributed by atoms with Gasteiger partial charge in [-0.25, -0.2) is 0 Å². The molecule has 3 unspecified atom stereocenters. The van der Waals surface area contributed by atoms with Crippen molar-refractivity contribution in [3.8, 4) is 0 Å². The molecule has 0 radical (unpaired) electrons. The molecule has 1 amide bonds. The zero-order valence-corrected chi connectivity index (χ0v) is 12.6. The lowest BCUT2D eigenvalue weighted by Crippen LogP contribution is -2.57. The van der Waals surface area contributed by atoms with E-state index in [1.54, 1.807) is 0 Å². The second-order valence-electron chi connectivity index (χ2n) is 6.28. The maximum Gasteiger partial charge on any atom is 0.230 e. The average Bonchev–Trinajstić information content (AvgIpc) is 2.38. The van der Waals surface area contributed by atoms with E-state index >= 15 is 0 Å².